The van der Waals surface area contributed by atoms with E-state index in [0.717, 1.165) is 16.3 Å². The first-order valence-corrected chi connectivity index (χ1v) is 11.5. The van der Waals surface area contributed by atoms with Crippen molar-refractivity contribution in [2.24, 2.45) is 0 Å². The third-order valence-corrected chi connectivity index (χ3v) is 5.71. The van der Waals surface area contributed by atoms with Gasteiger partial charge in [0.25, 0.3) is 5.76 Å². The Balaban J connectivity index is 1.52. The second kappa shape index (κ2) is 9.89. The highest BCUT2D eigenvalue weighted by Gasteiger charge is 2.40. The molecule has 37 heavy (non-hydrogen) atoms. The van der Waals surface area contributed by atoms with Gasteiger partial charge in [0.15, 0.2) is 11.5 Å². The number of hydrogen-bond donors (Lipinski definition) is 0. The molecule has 0 saturated heterocycles. The number of rotatable bonds is 7. The Kier molecular flexibility index (Phi) is 6.48. The second-order valence-electron chi connectivity index (χ2n) is 8.15. The van der Waals surface area contributed by atoms with Gasteiger partial charge < -0.3 is 18.6 Å². The van der Waals surface area contributed by atoms with Gasteiger partial charge in [-0.25, -0.2) is 0 Å². The van der Waals surface area contributed by atoms with Crippen molar-refractivity contribution < 1.29 is 31.8 Å². The second-order valence-corrected chi connectivity index (χ2v) is 8.15. The van der Waals surface area contributed by atoms with Crippen molar-refractivity contribution >= 4 is 21.7 Å². The molecule has 5 nitrogen and oxygen atoms in total. The van der Waals surface area contributed by atoms with Crippen molar-refractivity contribution in [3.8, 4) is 23.0 Å². The number of alkyl halides is 3. The summed E-state index contributed by atoms with van der Waals surface area (Å²) >= 11 is 0. The molecule has 0 amide bonds. The van der Waals surface area contributed by atoms with E-state index in [4.69, 9.17) is 18.6 Å². The lowest BCUT2D eigenvalue weighted by Crippen LogP contribution is -2.15. The molecule has 0 aliphatic heterocycles. The van der Waals surface area contributed by atoms with E-state index < -0.39 is 23.1 Å². The van der Waals surface area contributed by atoms with Crippen LogP contribution in [0, 0.1) is 0 Å². The topological polar surface area (TPSA) is 57.9 Å². The van der Waals surface area contributed by atoms with Crippen molar-refractivity contribution in [3.05, 3.63) is 106 Å². The molecule has 0 fully saturated rings. The van der Waals surface area contributed by atoms with Crippen molar-refractivity contribution in [1.82, 2.24) is 0 Å². The van der Waals surface area contributed by atoms with Crippen molar-refractivity contribution in [2.75, 3.05) is 6.61 Å². The minimum absolute atomic E-state index is 0.0310. The Bertz CT molecular complexity index is 1630. The molecular weight excluding hydrogens is 485 g/mol. The van der Waals surface area contributed by atoms with Crippen LogP contribution < -0.4 is 19.6 Å². The van der Waals surface area contributed by atoms with Gasteiger partial charge in [0, 0.05) is 6.07 Å². The van der Waals surface area contributed by atoms with Crippen LogP contribution in [0.3, 0.4) is 0 Å². The third kappa shape index (κ3) is 4.95. The Morgan fingerprint density at radius 3 is 2.32 bits per heavy atom. The van der Waals surface area contributed by atoms with E-state index in [0.29, 0.717) is 0 Å². The number of hydrogen-bond acceptors (Lipinski definition) is 5. The van der Waals surface area contributed by atoms with Crippen LogP contribution in [0.5, 0.6) is 23.0 Å². The molecular formula is C29H21F3O5. The summed E-state index contributed by atoms with van der Waals surface area (Å²) < 4.78 is 63.8. The van der Waals surface area contributed by atoms with Crippen molar-refractivity contribution in [1.29, 1.82) is 0 Å². The Labute approximate surface area is 209 Å². The minimum Gasteiger partial charge on any atom is -0.490 e. The molecule has 0 radical (unpaired) electrons. The first kappa shape index (κ1) is 24.2. The zero-order valence-electron chi connectivity index (χ0n) is 19.7. The fourth-order valence-electron chi connectivity index (χ4n) is 4.02. The van der Waals surface area contributed by atoms with Crippen LogP contribution in [0.15, 0.2) is 94.1 Å². The molecule has 5 aromatic rings. The fraction of sp³-hybridized carbons (Fsp3) is 0.138. The SMILES string of the molecule is CCOc1ccccc1Oc1c(C(F)(F)F)oc2cc(OCc3cccc4ccccc34)ccc2c1=O. The number of fused-ring (bicyclic) bond motifs is 2. The van der Waals surface area contributed by atoms with Gasteiger partial charge in [-0.3, -0.25) is 4.79 Å². The van der Waals surface area contributed by atoms with Crippen LogP contribution in [0.25, 0.3) is 21.7 Å². The van der Waals surface area contributed by atoms with Gasteiger partial charge in [-0.05, 0) is 47.5 Å². The van der Waals surface area contributed by atoms with Crippen LogP contribution in [0.1, 0.15) is 18.2 Å². The highest BCUT2D eigenvalue weighted by atomic mass is 19.4. The number of halogens is 3. The molecule has 1 heterocycles. The Hall–Kier alpha value is -4.46. The summed E-state index contributed by atoms with van der Waals surface area (Å²) in [5.74, 6) is -2.07. The van der Waals surface area contributed by atoms with E-state index in [9.17, 15) is 18.0 Å². The van der Waals surface area contributed by atoms with Crippen LogP contribution in [-0.2, 0) is 12.8 Å². The van der Waals surface area contributed by atoms with E-state index in [-0.39, 0.29) is 41.4 Å². The lowest BCUT2D eigenvalue weighted by molar-refractivity contribution is -0.154. The molecule has 0 bridgehead atoms. The average molecular weight is 506 g/mol. The molecule has 188 valence electrons. The van der Waals surface area contributed by atoms with E-state index in [1.165, 1.54) is 30.3 Å². The van der Waals surface area contributed by atoms with Crippen LogP contribution in [0.4, 0.5) is 13.2 Å². The normalized spacial score (nSPS) is 11.6. The lowest BCUT2D eigenvalue weighted by Gasteiger charge is -2.15. The zero-order valence-corrected chi connectivity index (χ0v) is 19.7. The molecule has 0 aliphatic rings. The molecule has 1 aromatic heterocycles. The van der Waals surface area contributed by atoms with Crippen molar-refractivity contribution in [3.63, 3.8) is 0 Å². The Morgan fingerprint density at radius 2 is 1.54 bits per heavy atom. The van der Waals surface area contributed by atoms with Gasteiger partial charge in [-0.1, -0.05) is 54.6 Å². The minimum atomic E-state index is -4.98. The maximum absolute atomic E-state index is 14.0. The maximum atomic E-state index is 14.0. The zero-order chi connectivity index (χ0) is 26.0. The molecule has 4 aromatic carbocycles. The van der Waals surface area contributed by atoms with E-state index in [1.54, 1.807) is 19.1 Å². The molecule has 0 spiro atoms. The van der Waals surface area contributed by atoms with Gasteiger partial charge >= 0.3 is 6.18 Å². The maximum Gasteiger partial charge on any atom is 0.453 e. The first-order valence-electron chi connectivity index (χ1n) is 11.5. The molecule has 0 unspecified atom stereocenters. The third-order valence-electron chi connectivity index (χ3n) is 5.71. The van der Waals surface area contributed by atoms with Gasteiger partial charge in [-0.15, -0.1) is 0 Å². The predicted octanol–water partition coefficient (Wildman–Crippen LogP) is 7.74. The summed E-state index contributed by atoms with van der Waals surface area (Å²) in [6, 6.07) is 23.9. The molecule has 8 heteroatoms. The molecule has 0 atom stereocenters. The number of ether oxygens (including phenoxy) is 3. The highest BCUT2D eigenvalue weighted by Crippen LogP contribution is 2.40. The first-order chi connectivity index (χ1) is 17.8. The number of para-hydroxylation sites is 2. The van der Waals surface area contributed by atoms with E-state index in [1.807, 2.05) is 42.5 Å². The summed E-state index contributed by atoms with van der Waals surface area (Å²) in [6.45, 7) is 2.17. The average Bonchev–Trinajstić information content (AvgIpc) is 2.89. The van der Waals surface area contributed by atoms with E-state index >= 15 is 0 Å². The lowest BCUT2D eigenvalue weighted by atomic mass is 10.1. The molecule has 5 rings (SSSR count). The van der Waals surface area contributed by atoms with Gasteiger partial charge in [0.2, 0.25) is 11.2 Å². The molecule has 0 aliphatic carbocycles. The van der Waals surface area contributed by atoms with Gasteiger partial charge in [0.1, 0.15) is 17.9 Å². The Morgan fingerprint density at radius 1 is 0.811 bits per heavy atom. The fourth-order valence-corrected chi connectivity index (χ4v) is 4.02. The van der Waals surface area contributed by atoms with Crippen LogP contribution >= 0.6 is 0 Å². The summed E-state index contributed by atoms with van der Waals surface area (Å²) in [7, 11) is 0. The standard InChI is InChI=1S/C29H21F3O5/c1-2-34-23-12-5-6-13-24(23)36-27-26(33)22-15-14-20(16-25(22)37-28(27)29(30,31)32)35-17-19-10-7-9-18-8-3-4-11-21(18)19/h3-16H,2,17H2,1H3. The molecule has 0 saturated carbocycles. The monoisotopic (exact) mass is 506 g/mol. The smallest absolute Gasteiger partial charge is 0.453 e. The van der Waals surface area contributed by atoms with E-state index in [2.05, 4.69) is 0 Å². The summed E-state index contributed by atoms with van der Waals surface area (Å²) in [4.78, 5) is 13.1. The summed E-state index contributed by atoms with van der Waals surface area (Å²) in [6.07, 6.45) is -4.98. The quantitative estimate of drug-likeness (QED) is 0.226. The number of benzene rings is 4. The highest BCUT2D eigenvalue weighted by molar-refractivity contribution is 5.85. The predicted molar refractivity (Wildman–Crippen MR) is 133 cm³/mol. The molecule has 0 N–H and O–H groups in total. The van der Waals surface area contributed by atoms with Crippen LogP contribution in [-0.4, -0.2) is 6.61 Å². The summed E-state index contributed by atoms with van der Waals surface area (Å²) in [5.41, 5.74) is -0.314. The largest absolute Gasteiger partial charge is 0.490 e. The summed E-state index contributed by atoms with van der Waals surface area (Å²) in [5, 5.41) is 1.97. The van der Waals surface area contributed by atoms with Crippen LogP contribution in [0.2, 0.25) is 0 Å². The van der Waals surface area contributed by atoms with Crippen molar-refractivity contribution in [2.45, 2.75) is 19.7 Å². The van der Waals surface area contributed by atoms with Gasteiger partial charge in [0.05, 0.1) is 12.0 Å². The van der Waals surface area contributed by atoms with Gasteiger partial charge in [-0.2, -0.15) is 13.2 Å².